The van der Waals surface area contributed by atoms with Crippen LogP contribution in [0.3, 0.4) is 0 Å². The normalized spacial score (nSPS) is 16.9. The molecule has 3 nitrogen and oxygen atoms in total. The molecule has 0 fully saturated rings. The Balaban J connectivity index is 2.22. The summed E-state index contributed by atoms with van der Waals surface area (Å²) < 4.78 is 5.64. The average Bonchev–Trinajstić information content (AvgIpc) is 2.51. The summed E-state index contributed by atoms with van der Waals surface area (Å²) in [6.07, 6.45) is 1.94. The van der Waals surface area contributed by atoms with Gasteiger partial charge in [-0.15, -0.1) is 0 Å². The largest absolute Gasteiger partial charge is 0.508 e. The maximum atomic E-state index is 11.1. The summed E-state index contributed by atoms with van der Waals surface area (Å²) in [5.74, 6) is 0.742. The smallest absolute Gasteiger partial charge is 0.173 e. The van der Waals surface area contributed by atoms with Gasteiger partial charge >= 0.3 is 0 Å². The molecule has 0 spiro atoms. The molecule has 0 saturated carbocycles. The molecule has 0 radical (unpaired) electrons. The predicted octanol–water partition coefficient (Wildman–Crippen LogP) is 3.09. The zero-order valence-electron chi connectivity index (χ0n) is 11.0. The Hall–Kier alpha value is -2.55. The van der Waals surface area contributed by atoms with Crippen LogP contribution in [0.2, 0.25) is 0 Å². The number of fused-ring (bicyclic) bond motifs is 1. The first kappa shape index (κ1) is 12.5. The number of ether oxygens (including phenoxy) is 1. The minimum atomic E-state index is -0.627. The van der Waals surface area contributed by atoms with Crippen LogP contribution < -0.4 is 4.74 Å². The molecule has 2 aromatic rings. The van der Waals surface area contributed by atoms with E-state index >= 15 is 0 Å². The summed E-state index contributed by atoms with van der Waals surface area (Å²) in [7, 11) is 0. The van der Waals surface area contributed by atoms with E-state index in [2.05, 4.69) is 0 Å². The zero-order valence-corrected chi connectivity index (χ0v) is 11.0. The highest BCUT2D eigenvalue weighted by atomic mass is 16.5. The number of benzene rings is 2. The van der Waals surface area contributed by atoms with Crippen LogP contribution in [0.4, 0.5) is 0 Å². The van der Waals surface area contributed by atoms with E-state index in [-0.39, 0.29) is 5.75 Å². The van der Waals surface area contributed by atoms with Crippen LogP contribution >= 0.6 is 0 Å². The first-order chi connectivity index (χ1) is 9.70. The molecule has 1 heterocycles. The second-order valence-corrected chi connectivity index (χ2v) is 4.75. The van der Waals surface area contributed by atoms with Crippen LogP contribution in [0, 0.1) is 6.92 Å². The third-order valence-corrected chi connectivity index (χ3v) is 3.47. The average molecular weight is 266 g/mol. The van der Waals surface area contributed by atoms with Gasteiger partial charge in [0.05, 0.1) is 0 Å². The van der Waals surface area contributed by atoms with Crippen molar-refractivity contribution in [3.8, 4) is 11.5 Å². The first-order valence-electron chi connectivity index (χ1n) is 6.43. The molecule has 0 saturated heterocycles. The van der Waals surface area contributed by atoms with Crippen molar-refractivity contribution in [2.75, 3.05) is 0 Å². The molecule has 0 aliphatic carbocycles. The van der Waals surface area contributed by atoms with Gasteiger partial charge in [0, 0.05) is 11.1 Å². The molecule has 3 heteroatoms. The third-order valence-electron chi connectivity index (χ3n) is 3.47. The minimum absolute atomic E-state index is 0.169. The van der Waals surface area contributed by atoms with Gasteiger partial charge in [-0.25, -0.2) is 0 Å². The molecule has 3 rings (SSSR count). The van der Waals surface area contributed by atoms with Gasteiger partial charge in [0.1, 0.15) is 11.5 Å². The maximum absolute atomic E-state index is 11.1. The molecule has 1 aliphatic heterocycles. The number of hydrogen-bond acceptors (Lipinski definition) is 3. The van der Waals surface area contributed by atoms with Crippen molar-refractivity contribution in [2.24, 2.45) is 0 Å². The molecule has 1 atom stereocenters. The summed E-state index contributed by atoms with van der Waals surface area (Å²) in [6, 6.07) is 13.3. The second kappa shape index (κ2) is 4.85. The Morgan fingerprint density at radius 1 is 1.15 bits per heavy atom. The number of rotatable bonds is 2. The standard InChI is InChI=1S/C17H14O3/c1-11-16(19)8-7-14-15(12-5-3-2-4-6-12)9-13(10-18)20-17(11)14/h2-10,13,19H,1H3. The molecule has 0 amide bonds. The Kier molecular flexibility index (Phi) is 3.03. The van der Waals surface area contributed by atoms with Crippen molar-refractivity contribution in [1.29, 1.82) is 0 Å². The first-order valence-corrected chi connectivity index (χ1v) is 6.43. The molecule has 100 valence electrons. The van der Waals surface area contributed by atoms with Gasteiger partial charge in [0.25, 0.3) is 0 Å². The van der Waals surface area contributed by atoms with Gasteiger partial charge in [0.2, 0.25) is 0 Å². The third kappa shape index (κ3) is 1.97. The maximum Gasteiger partial charge on any atom is 0.173 e. The van der Waals surface area contributed by atoms with Gasteiger partial charge in [0.15, 0.2) is 12.4 Å². The molecule has 1 unspecified atom stereocenters. The van der Waals surface area contributed by atoms with Crippen LogP contribution in [-0.4, -0.2) is 17.5 Å². The van der Waals surface area contributed by atoms with Gasteiger partial charge in [-0.2, -0.15) is 0 Å². The van der Waals surface area contributed by atoms with Gasteiger partial charge in [-0.1, -0.05) is 30.3 Å². The lowest BCUT2D eigenvalue weighted by Crippen LogP contribution is -2.21. The molecular weight excluding hydrogens is 252 g/mol. The van der Waals surface area contributed by atoms with Crippen molar-refractivity contribution in [2.45, 2.75) is 13.0 Å². The fourth-order valence-electron chi connectivity index (χ4n) is 2.41. The van der Waals surface area contributed by atoms with E-state index in [4.69, 9.17) is 4.74 Å². The van der Waals surface area contributed by atoms with Gasteiger partial charge < -0.3 is 9.84 Å². The molecule has 0 aromatic heterocycles. The SMILES string of the molecule is Cc1c(O)ccc2c1OC(C=O)C=C2c1ccccc1. The van der Waals surface area contributed by atoms with Crippen LogP contribution in [0.1, 0.15) is 16.7 Å². The fourth-order valence-corrected chi connectivity index (χ4v) is 2.41. The quantitative estimate of drug-likeness (QED) is 0.850. The Bertz CT molecular complexity index is 687. The van der Waals surface area contributed by atoms with E-state index in [0.717, 1.165) is 23.0 Å². The topological polar surface area (TPSA) is 46.5 Å². The summed E-state index contributed by atoms with van der Waals surface area (Å²) in [5.41, 5.74) is 3.52. The van der Waals surface area contributed by atoms with E-state index in [9.17, 15) is 9.90 Å². The fraction of sp³-hybridized carbons (Fsp3) is 0.118. The predicted molar refractivity (Wildman–Crippen MR) is 76.8 cm³/mol. The van der Waals surface area contributed by atoms with E-state index in [1.54, 1.807) is 19.1 Å². The van der Waals surface area contributed by atoms with E-state index in [1.165, 1.54) is 0 Å². The number of phenolic OH excluding ortho intramolecular Hbond substituents is 1. The molecule has 0 bridgehead atoms. The number of aldehydes is 1. The van der Waals surface area contributed by atoms with Gasteiger partial charge in [-0.05, 0) is 36.3 Å². The van der Waals surface area contributed by atoms with Crippen molar-refractivity contribution >= 4 is 11.9 Å². The minimum Gasteiger partial charge on any atom is -0.508 e. The summed E-state index contributed by atoms with van der Waals surface area (Å²) >= 11 is 0. The number of carbonyl (C=O) groups is 1. The second-order valence-electron chi connectivity index (χ2n) is 4.75. The monoisotopic (exact) mass is 266 g/mol. The number of phenols is 1. The number of hydrogen-bond donors (Lipinski definition) is 1. The Morgan fingerprint density at radius 2 is 1.90 bits per heavy atom. The van der Waals surface area contributed by atoms with E-state index < -0.39 is 6.10 Å². The summed E-state index contributed by atoms with van der Waals surface area (Å²) in [5, 5.41) is 9.80. The Labute approximate surface area is 117 Å². The lowest BCUT2D eigenvalue weighted by atomic mass is 9.92. The van der Waals surface area contributed by atoms with Crippen molar-refractivity contribution in [3.05, 3.63) is 65.2 Å². The molecular formula is C17H14O3. The number of aromatic hydroxyl groups is 1. The molecule has 20 heavy (non-hydrogen) atoms. The molecule has 2 aromatic carbocycles. The van der Waals surface area contributed by atoms with Crippen LogP contribution in [0.5, 0.6) is 11.5 Å². The highest BCUT2D eigenvalue weighted by Crippen LogP contribution is 2.40. The molecule has 1 N–H and O–H groups in total. The lowest BCUT2D eigenvalue weighted by molar-refractivity contribution is -0.112. The van der Waals surface area contributed by atoms with Gasteiger partial charge in [-0.3, -0.25) is 4.79 Å². The summed E-state index contributed by atoms with van der Waals surface area (Å²) in [4.78, 5) is 11.1. The summed E-state index contributed by atoms with van der Waals surface area (Å²) in [6.45, 7) is 1.78. The van der Waals surface area contributed by atoms with Crippen molar-refractivity contribution < 1.29 is 14.6 Å². The van der Waals surface area contributed by atoms with E-state index in [0.29, 0.717) is 11.3 Å². The lowest BCUT2D eigenvalue weighted by Gasteiger charge is -2.24. The zero-order chi connectivity index (χ0) is 14.1. The van der Waals surface area contributed by atoms with Crippen molar-refractivity contribution in [1.82, 2.24) is 0 Å². The molecule has 1 aliphatic rings. The van der Waals surface area contributed by atoms with Crippen molar-refractivity contribution in [3.63, 3.8) is 0 Å². The van der Waals surface area contributed by atoms with E-state index in [1.807, 2.05) is 36.4 Å². The highest BCUT2D eigenvalue weighted by molar-refractivity contribution is 5.87. The van der Waals surface area contributed by atoms with Crippen LogP contribution in [0.15, 0.2) is 48.5 Å². The number of carbonyl (C=O) groups excluding carboxylic acids is 1. The Morgan fingerprint density at radius 3 is 2.60 bits per heavy atom. The van der Waals surface area contributed by atoms with Crippen LogP contribution in [-0.2, 0) is 4.79 Å². The van der Waals surface area contributed by atoms with Crippen LogP contribution in [0.25, 0.3) is 5.57 Å². The highest BCUT2D eigenvalue weighted by Gasteiger charge is 2.23.